The molecule has 0 aliphatic carbocycles. The second kappa shape index (κ2) is 8.57. The van der Waals surface area contributed by atoms with Crippen LogP contribution in [0.3, 0.4) is 0 Å². The van der Waals surface area contributed by atoms with Gasteiger partial charge in [0.2, 0.25) is 0 Å². The van der Waals surface area contributed by atoms with Gasteiger partial charge in [-0.05, 0) is 0 Å². The van der Waals surface area contributed by atoms with Crippen LogP contribution in [0, 0.1) is 0 Å². The zero-order valence-electron chi connectivity index (χ0n) is 16.2. The predicted molar refractivity (Wildman–Crippen MR) is 110 cm³/mol. The van der Waals surface area contributed by atoms with Crippen LogP contribution in [0.4, 0.5) is 0 Å². The molecule has 0 fully saturated rings. The molecule has 1 unspecified atom stereocenters. The normalized spacial score (nSPS) is 10.9. The summed E-state index contributed by atoms with van der Waals surface area (Å²) in [7, 11) is 3.35. The molecule has 0 saturated heterocycles. The van der Waals surface area contributed by atoms with E-state index in [9.17, 15) is 0 Å². The van der Waals surface area contributed by atoms with Crippen molar-refractivity contribution in [3.05, 3.63) is 47.6 Å². The Hall–Kier alpha value is -2.33. The Bertz CT molecular complexity index is 978. The maximum atomic E-state index is 5.54. The average Bonchev–Trinajstić information content (AvgIpc) is 3.00. The summed E-state index contributed by atoms with van der Waals surface area (Å²) in [6, 6.07) is 5.83. The van der Waals surface area contributed by atoms with E-state index in [0.29, 0.717) is 6.42 Å². The molecule has 2 heterocycles. The Labute approximate surface area is 168 Å². The topological polar surface area (TPSA) is 62.1 Å². The minimum absolute atomic E-state index is 0.637. The third-order valence-electron chi connectivity index (χ3n) is 4.38. The van der Waals surface area contributed by atoms with Gasteiger partial charge in [0.1, 0.15) is 0 Å². The second-order valence-corrected chi connectivity index (χ2v) is 7.68. The molecule has 0 spiro atoms. The van der Waals surface area contributed by atoms with Crippen LogP contribution in [-0.4, -0.2) is 50.6 Å². The van der Waals surface area contributed by atoms with E-state index in [4.69, 9.17) is 14.5 Å². The van der Waals surface area contributed by atoms with Crippen LogP contribution in [0.1, 0.15) is 31.7 Å². The first kappa shape index (κ1) is 19.4. The number of hydrogen-bond acceptors (Lipinski definition) is 5. The van der Waals surface area contributed by atoms with Crippen molar-refractivity contribution >= 4 is 32.5 Å². The Morgan fingerprint density at radius 1 is 1.19 bits per heavy atom. The van der Waals surface area contributed by atoms with Gasteiger partial charge in [0, 0.05) is 0 Å². The zero-order chi connectivity index (χ0) is 19.4. The first-order valence-electron chi connectivity index (χ1n) is 8.83. The molecule has 1 atom stereocenters. The molecule has 142 valence electrons. The van der Waals surface area contributed by atoms with Crippen molar-refractivity contribution in [3.63, 3.8) is 0 Å². The van der Waals surface area contributed by atoms with Gasteiger partial charge in [0.15, 0.2) is 0 Å². The van der Waals surface area contributed by atoms with Crippen LogP contribution >= 0.6 is 0 Å². The van der Waals surface area contributed by atoms with E-state index >= 15 is 0 Å². The van der Waals surface area contributed by atoms with Crippen molar-refractivity contribution in [1.82, 2.24) is 19.5 Å². The van der Waals surface area contributed by atoms with Gasteiger partial charge in [-0.3, -0.25) is 0 Å². The fourth-order valence-electron chi connectivity index (χ4n) is 3.04. The van der Waals surface area contributed by atoms with Crippen LogP contribution in [0.25, 0.3) is 11.2 Å². The quantitative estimate of drug-likeness (QED) is 0.426. The number of benzene rings is 1. The van der Waals surface area contributed by atoms with Crippen molar-refractivity contribution in [1.29, 1.82) is 0 Å². The van der Waals surface area contributed by atoms with Gasteiger partial charge < -0.3 is 0 Å². The second-order valence-electron chi connectivity index (χ2n) is 6.54. The number of fused-ring (bicyclic) bond motifs is 1. The molecule has 7 heteroatoms. The predicted octanol–water partition coefficient (Wildman–Crippen LogP) is 2.05. The van der Waals surface area contributed by atoms with Crippen LogP contribution in [0.15, 0.2) is 36.2 Å². The Balaban J connectivity index is 2.05. The molecule has 27 heavy (non-hydrogen) atoms. The van der Waals surface area contributed by atoms with Gasteiger partial charge in [-0.15, -0.1) is 0 Å². The first-order chi connectivity index (χ1) is 13.0. The molecule has 0 saturated carbocycles. The SMILES string of the molecule is COc1ccc(OC)c(Cc2nc3c([AsH2])ncnc3n2CCC=C(C)C)c1. The first-order valence-corrected chi connectivity index (χ1v) is 10.0. The van der Waals surface area contributed by atoms with Crippen molar-refractivity contribution < 1.29 is 9.47 Å². The van der Waals surface area contributed by atoms with Gasteiger partial charge >= 0.3 is 168 Å². The molecule has 0 N–H and O–H groups in total. The zero-order valence-corrected chi connectivity index (χ0v) is 18.6. The number of nitrogens with zero attached hydrogens (tertiary/aromatic N) is 4. The fourth-order valence-corrected chi connectivity index (χ4v) is 3.59. The molecule has 0 bridgehead atoms. The Morgan fingerprint density at radius 3 is 2.70 bits per heavy atom. The van der Waals surface area contributed by atoms with E-state index in [1.54, 1.807) is 20.5 Å². The molecule has 2 aromatic heterocycles. The number of methoxy groups -OCH3 is 2. The van der Waals surface area contributed by atoms with Gasteiger partial charge in [0.25, 0.3) is 0 Å². The number of aryl methyl sites for hydroxylation is 1. The van der Waals surface area contributed by atoms with Crippen LogP contribution in [0.5, 0.6) is 11.5 Å². The summed E-state index contributed by atoms with van der Waals surface area (Å²) < 4.78 is 14.1. The summed E-state index contributed by atoms with van der Waals surface area (Å²) >= 11 is 1.46. The summed E-state index contributed by atoms with van der Waals surface area (Å²) in [6.07, 6.45) is 5.43. The van der Waals surface area contributed by atoms with Crippen molar-refractivity contribution in [2.24, 2.45) is 0 Å². The Morgan fingerprint density at radius 2 is 2.00 bits per heavy atom. The number of imidazole rings is 1. The van der Waals surface area contributed by atoms with Crippen molar-refractivity contribution in [3.8, 4) is 11.5 Å². The number of ether oxygens (including phenoxy) is 2. The van der Waals surface area contributed by atoms with E-state index < -0.39 is 0 Å². The molecule has 0 radical (unpaired) electrons. The third kappa shape index (κ3) is 4.33. The monoisotopic (exact) mass is 428 g/mol. The van der Waals surface area contributed by atoms with E-state index in [1.165, 1.54) is 22.4 Å². The summed E-state index contributed by atoms with van der Waals surface area (Å²) in [6.45, 7) is 5.05. The molecule has 6 nitrogen and oxygen atoms in total. The van der Waals surface area contributed by atoms with Gasteiger partial charge in [0.05, 0.1) is 0 Å². The average molecular weight is 428 g/mol. The van der Waals surface area contributed by atoms with E-state index in [1.807, 2.05) is 18.2 Å². The van der Waals surface area contributed by atoms with Crippen molar-refractivity contribution in [2.75, 3.05) is 14.2 Å². The van der Waals surface area contributed by atoms with Crippen LogP contribution < -0.4 is 14.0 Å². The third-order valence-corrected chi connectivity index (χ3v) is 5.27. The summed E-state index contributed by atoms with van der Waals surface area (Å²) in [5, 5.41) is 0. The molecule has 0 aliphatic heterocycles. The summed E-state index contributed by atoms with van der Waals surface area (Å²) in [5.74, 6) is 2.58. The number of allylic oxidation sites excluding steroid dienone is 2. The van der Waals surface area contributed by atoms with E-state index in [-0.39, 0.29) is 0 Å². The molecular formula is C20H25AsN4O2. The van der Waals surface area contributed by atoms with Gasteiger partial charge in [-0.25, -0.2) is 0 Å². The molecule has 0 aliphatic rings. The van der Waals surface area contributed by atoms with Crippen molar-refractivity contribution in [2.45, 2.75) is 33.2 Å². The van der Waals surface area contributed by atoms with Gasteiger partial charge in [-0.1, -0.05) is 0 Å². The molecule has 1 aromatic carbocycles. The van der Waals surface area contributed by atoms with Crippen LogP contribution in [0.2, 0.25) is 0 Å². The molecule has 3 aromatic rings. The Kier molecular flexibility index (Phi) is 6.17. The van der Waals surface area contributed by atoms with Crippen LogP contribution in [-0.2, 0) is 13.0 Å². The molecule has 3 rings (SSSR count). The number of hydrogen-bond donors (Lipinski definition) is 0. The fraction of sp³-hybridized carbons (Fsp3) is 0.350. The molecule has 0 amide bonds. The maximum absolute atomic E-state index is 5.54. The molecular weight excluding hydrogens is 403 g/mol. The number of aromatic nitrogens is 4. The summed E-state index contributed by atoms with van der Waals surface area (Å²) in [4.78, 5) is 13.7. The number of rotatable bonds is 7. The standard InChI is InChI=1S/C20H25AsN4O2/c1-13(2)6-5-9-25-17(24-18-19(21)22-12-23-20(18)25)11-14-10-15(26-3)7-8-16(14)27-4/h6-8,10,12H,5,9,11,21H2,1-4H3. The minimum atomic E-state index is 0.637. The van der Waals surface area contributed by atoms with E-state index in [2.05, 4.69) is 34.5 Å². The summed E-state index contributed by atoms with van der Waals surface area (Å²) in [5.41, 5.74) is 4.12. The van der Waals surface area contributed by atoms with Gasteiger partial charge in [-0.2, -0.15) is 0 Å². The van der Waals surface area contributed by atoms with E-state index in [0.717, 1.165) is 51.5 Å².